The normalized spacial score (nSPS) is 24.2. The predicted octanol–water partition coefficient (Wildman–Crippen LogP) is 3.03. The second-order valence-corrected chi connectivity index (χ2v) is 5.41. The van der Waals surface area contributed by atoms with Crippen LogP contribution in [-0.2, 0) is 14.3 Å². The lowest BCUT2D eigenvalue weighted by Gasteiger charge is -2.39. The van der Waals surface area contributed by atoms with Crippen LogP contribution in [0.3, 0.4) is 0 Å². The summed E-state index contributed by atoms with van der Waals surface area (Å²) in [5.74, 6) is 0.607. The summed E-state index contributed by atoms with van der Waals surface area (Å²) in [5, 5.41) is 0. The minimum absolute atomic E-state index is 0.0418. The Morgan fingerprint density at radius 1 is 1.41 bits per heavy atom. The second kappa shape index (κ2) is 5.85. The number of hydrogen-bond donors (Lipinski definition) is 0. The fourth-order valence-electron chi connectivity index (χ4n) is 2.74. The summed E-state index contributed by atoms with van der Waals surface area (Å²) in [6.07, 6.45) is 1.99. The minimum Gasteiger partial charge on any atom is -0.462 e. The fourth-order valence-corrected chi connectivity index (χ4v) is 2.74. The predicted molar refractivity (Wildman–Crippen MR) is 67.7 cm³/mol. The number of ether oxygens (including phenoxy) is 2. The molecular weight excluding hydrogens is 216 g/mol. The van der Waals surface area contributed by atoms with Gasteiger partial charge in [-0.2, -0.15) is 0 Å². The third-order valence-corrected chi connectivity index (χ3v) is 4.29. The lowest BCUT2D eigenvalue weighted by molar-refractivity contribution is -0.164. The molecule has 3 unspecified atom stereocenters. The monoisotopic (exact) mass is 242 g/mol. The highest BCUT2D eigenvalue weighted by molar-refractivity contribution is 5.77. The van der Waals surface area contributed by atoms with E-state index in [1.54, 1.807) is 0 Å². The third-order valence-electron chi connectivity index (χ3n) is 4.29. The van der Waals surface area contributed by atoms with Crippen LogP contribution in [-0.4, -0.2) is 25.3 Å². The first-order chi connectivity index (χ1) is 7.98. The van der Waals surface area contributed by atoms with Crippen molar-refractivity contribution in [1.29, 1.82) is 0 Å². The standard InChI is InChI=1S/C14H26O3/c1-6-11(5)14(7-2,10(3)4)13(15)17-9-12-8-16-12/h10-12H,6-9H2,1-5H3. The molecule has 3 atom stereocenters. The summed E-state index contributed by atoms with van der Waals surface area (Å²) in [4.78, 5) is 12.4. The molecule has 0 saturated carbocycles. The summed E-state index contributed by atoms with van der Waals surface area (Å²) in [6.45, 7) is 11.8. The van der Waals surface area contributed by atoms with E-state index in [4.69, 9.17) is 9.47 Å². The van der Waals surface area contributed by atoms with E-state index >= 15 is 0 Å². The molecule has 1 rings (SSSR count). The van der Waals surface area contributed by atoms with Crippen molar-refractivity contribution in [3.63, 3.8) is 0 Å². The van der Waals surface area contributed by atoms with Gasteiger partial charge >= 0.3 is 5.97 Å². The fraction of sp³-hybridized carbons (Fsp3) is 0.929. The van der Waals surface area contributed by atoms with E-state index in [0.29, 0.717) is 18.4 Å². The van der Waals surface area contributed by atoms with Crippen LogP contribution in [0.4, 0.5) is 0 Å². The van der Waals surface area contributed by atoms with Crippen molar-refractivity contribution in [2.75, 3.05) is 13.2 Å². The summed E-state index contributed by atoms with van der Waals surface area (Å²) in [6, 6.07) is 0. The van der Waals surface area contributed by atoms with Crippen LogP contribution < -0.4 is 0 Å². The van der Waals surface area contributed by atoms with Gasteiger partial charge in [0.1, 0.15) is 12.7 Å². The van der Waals surface area contributed by atoms with E-state index in [9.17, 15) is 4.79 Å². The van der Waals surface area contributed by atoms with Gasteiger partial charge in [0.05, 0.1) is 12.0 Å². The van der Waals surface area contributed by atoms with Gasteiger partial charge in [0.2, 0.25) is 0 Å². The molecule has 0 aromatic heterocycles. The van der Waals surface area contributed by atoms with Gasteiger partial charge in [0, 0.05) is 0 Å². The maximum absolute atomic E-state index is 12.4. The lowest BCUT2D eigenvalue weighted by atomic mass is 9.65. The van der Waals surface area contributed by atoms with E-state index in [1.165, 1.54) is 0 Å². The molecule has 1 saturated heterocycles. The van der Waals surface area contributed by atoms with Crippen molar-refractivity contribution >= 4 is 5.97 Å². The topological polar surface area (TPSA) is 38.8 Å². The zero-order valence-corrected chi connectivity index (χ0v) is 11.8. The van der Waals surface area contributed by atoms with Gasteiger partial charge in [-0.25, -0.2) is 0 Å². The molecule has 17 heavy (non-hydrogen) atoms. The van der Waals surface area contributed by atoms with Crippen molar-refractivity contribution in [1.82, 2.24) is 0 Å². The first-order valence-electron chi connectivity index (χ1n) is 6.77. The van der Waals surface area contributed by atoms with E-state index in [1.807, 2.05) is 0 Å². The molecule has 3 nitrogen and oxygen atoms in total. The molecule has 0 N–H and O–H groups in total. The summed E-state index contributed by atoms with van der Waals surface area (Å²) in [7, 11) is 0. The SMILES string of the molecule is CCC(C)C(CC)(C(=O)OCC1CO1)C(C)C. The Morgan fingerprint density at radius 2 is 2.00 bits per heavy atom. The van der Waals surface area contributed by atoms with Gasteiger partial charge in [0.25, 0.3) is 0 Å². The lowest BCUT2D eigenvalue weighted by Crippen LogP contribution is -2.43. The first kappa shape index (κ1) is 14.5. The molecule has 1 heterocycles. The molecule has 1 aliphatic rings. The van der Waals surface area contributed by atoms with E-state index < -0.39 is 0 Å². The molecule has 0 amide bonds. The van der Waals surface area contributed by atoms with Gasteiger partial charge in [-0.3, -0.25) is 4.79 Å². The Bertz CT molecular complexity index is 258. The van der Waals surface area contributed by atoms with Crippen LogP contribution in [0, 0.1) is 17.3 Å². The van der Waals surface area contributed by atoms with E-state index in [2.05, 4.69) is 34.6 Å². The Kier molecular flexibility index (Phi) is 4.99. The van der Waals surface area contributed by atoms with Crippen molar-refractivity contribution in [2.24, 2.45) is 17.3 Å². The van der Waals surface area contributed by atoms with Crippen molar-refractivity contribution in [3.8, 4) is 0 Å². The van der Waals surface area contributed by atoms with E-state index in [-0.39, 0.29) is 17.5 Å². The number of esters is 1. The van der Waals surface area contributed by atoms with Gasteiger partial charge < -0.3 is 9.47 Å². The Labute approximate surface area is 105 Å². The van der Waals surface area contributed by atoms with Crippen LogP contribution in [0.1, 0.15) is 47.5 Å². The molecule has 100 valence electrons. The molecular formula is C14H26O3. The van der Waals surface area contributed by atoms with Gasteiger partial charge in [-0.05, 0) is 18.3 Å². The van der Waals surface area contributed by atoms with E-state index in [0.717, 1.165) is 19.4 Å². The Hall–Kier alpha value is -0.570. The quantitative estimate of drug-likeness (QED) is 0.509. The molecule has 3 heteroatoms. The molecule has 0 aromatic carbocycles. The van der Waals surface area contributed by atoms with Crippen molar-refractivity contribution < 1.29 is 14.3 Å². The smallest absolute Gasteiger partial charge is 0.312 e. The van der Waals surface area contributed by atoms with Gasteiger partial charge in [0.15, 0.2) is 0 Å². The second-order valence-electron chi connectivity index (χ2n) is 5.41. The highest BCUT2D eigenvalue weighted by Crippen LogP contribution is 2.42. The average molecular weight is 242 g/mol. The van der Waals surface area contributed by atoms with Crippen LogP contribution in [0.15, 0.2) is 0 Å². The number of carbonyl (C=O) groups is 1. The zero-order valence-electron chi connectivity index (χ0n) is 11.8. The average Bonchev–Trinajstić information content (AvgIpc) is 3.10. The highest BCUT2D eigenvalue weighted by Gasteiger charge is 2.45. The van der Waals surface area contributed by atoms with Crippen LogP contribution in [0.5, 0.6) is 0 Å². The van der Waals surface area contributed by atoms with Gasteiger partial charge in [-0.15, -0.1) is 0 Å². The zero-order chi connectivity index (χ0) is 13.1. The Morgan fingerprint density at radius 3 is 2.35 bits per heavy atom. The number of carbonyl (C=O) groups excluding carboxylic acids is 1. The largest absolute Gasteiger partial charge is 0.462 e. The summed E-state index contributed by atoms with van der Waals surface area (Å²) in [5.41, 5.74) is -0.344. The van der Waals surface area contributed by atoms with Crippen molar-refractivity contribution in [2.45, 2.75) is 53.6 Å². The third kappa shape index (κ3) is 3.01. The molecule has 1 fully saturated rings. The Balaban J connectivity index is 2.74. The van der Waals surface area contributed by atoms with Crippen LogP contribution in [0.25, 0.3) is 0 Å². The van der Waals surface area contributed by atoms with Gasteiger partial charge in [-0.1, -0.05) is 41.0 Å². The summed E-state index contributed by atoms with van der Waals surface area (Å²) >= 11 is 0. The number of rotatable bonds is 7. The van der Waals surface area contributed by atoms with Crippen LogP contribution >= 0.6 is 0 Å². The molecule has 1 aliphatic heterocycles. The number of epoxide rings is 1. The minimum atomic E-state index is -0.344. The molecule has 0 bridgehead atoms. The summed E-state index contributed by atoms with van der Waals surface area (Å²) < 4.78 is 10.5. The molecule has 0 aromatic rings. The van der Waals surface area contributed by atoms with Crippen molar-refractivity contribution in [3.05, 3.63) is 0 Å². The molecule has 0 aliphatic carbocycles. The molecule has 0 radical (unpaired) electrons. The highest BCUT2D eigenvalue weighted by atomic mass is 16.6. The first-order valence-corrected chi connectivity index (χ1v) is 6.77. The van der Waals surface area contributed by atoms with Crippen LogP contribution in [0.2, 0.25) is 0 Å². The maximum atomic E-state index is 12.4. The number of hydrogen-bond acceptors (Lipinski definition) is 3. The maximum Gasteiger partial charge on any atom is 0.312 e. The molecule has 0 spiro atoms.